The van der Waals surface area contributed by atoms with Gasteiger partial charge in [-0.15, -0.1) is 11.8 Å². The van der Waals surface area contributed by atoms with Crippen LogP contribution in [0, 0.1) is 0 Å². The Bertz CT molecular complexity index is 1090. The maximum Gasteiger partial charge on any atom is 0.277 e. The minimum atomic E-state index is -0.404. The summed E-state index contributed by atoms with van der Waals surface area (Å²) in [6, 6.07) is 8.90. The van der Waals surface area contributed by atoms with Crippen molar-refractivity contribution in [2.75, 3.05) is 5.32 Å². The minimum absolute atomic E-state index is 0.113. The molecule has 4 rings (SSSR count). The van der Waals surface area contributed by atoms with Crippen molar-refractivity contribution >= 4 is 34.4 Å². The van der Waals surface area contributed by atoms with Gasteiger partial charge in [0.2, 0.25) is 0 Å². The number of carbonyl (C=O) groups is 1. The third-order valence-electron chi connectivity index (χ3n) is 3.72. The molecule has 0 aliphatic carbocycles. The van der Waals surface area contributed by atoms with Crippen LogP contribution in [0.2, 0.25) is 0 Å². The monoisotopic (exact) mass is 382 g/mol. The number of rotatable bonds is 6. The van der Waals surface area contributed by atoms with Crippen LogP contribution in [-0.4, -0.2) is 36.3 Å². The molecule has 136 valence electrons. The van der Waals surface area contributed by atoms with Gasteiger partial charge in [-0.2, -0.15) is 5.10 Å². The summed E-state index contributed by atoms with van der Waals surface area (Å²) in [5, 5.41) is 23.9. The van der Waals surface area contributed by atoms with Gasteiger partial charge in [0.05, 0.1) is 11.6 Å². The largest absolute Gasteiger partial charge is 0.388 e. The van der Waals surface area contributed by atoms with Gasteiger partial charge in [-0.3, -0.25) is 9.89 Å². The van der Waals surface area contributed by atoms with Gasteiger partial charge in [-0.25, -0.2) is 9.97 Å². The average molecular weight is 382 g/mol. The Morgan fingerprint density at radius 1 is 1.30 bits per heavy atom. The summed E-state index contributed by atoms with van der Waals surface area (Å²) in [6.45, 7) is -0.306. The van der Waals surface area contributed by atoms with E-state index in [1.807, 2.05) is 18.2 Å². The number of thioether (sulfide) groups is 1. The van der Waals surface area contributed by atoms with Crippen LogP contribution in [0.15, 0.2) is 52.4 Å². The first kappa shape index (κ1) is 17.2. The highest BCUT2D eigenvalue weighted by Gasteiger charge is 2.13. The lowest BCUT2D eigenvalue weighted by molar-refractivity contribution is 0.101. The zero-order valence-electron chi connectivity index (χ0n) is 13.9. The van der Waals surface area contributed by atoms with Gasteiger partial charge >= 0.3 is 0 Å². The van der Waals surface area contributed by atoms with Crippen molar-refractivity contribution < 1.29 is 14.4 Å². The molecular formula is C17H14N6O3S. The van der Waals surface area contributed by atoms with Crippen molar-refractivity contribution in [3.8, 4) is 0 Å². The number of amides is 1. The second-order valence-corrected chi connectivity index (χ2v) is 6.55. The lowest BCUT2D eigenvalue weighted by Gasteiger charge is -2.06. The number of aromatic nitrogens is 5. The van der Waals surface area contributed by atoms with E-state index < -0.39 is 5.91 Å². The minimum Gasteiger partial charge on any atom is -0.388 e. The van der Waals surface area contributed by atoms with Crippen molar-refractivity contribution in [2.24, 2.45) is 0 Å². The Balaban J connectivity index is 1.44. The zero-order valence-corrected chi connectivity index (χ0v) is 14.7. The Morgan fingerprint density at radius 2 is 2.22 bits per heavy atom. The molecule has 0 unspecified atom stereocenters. The fourth-order valence-corrected chi connectivity index (χ4v) is 3.35. The topological polar surface area (TPSA) is 130 Å². The standard InChI is InChI=1S/C17H14N6O3S/c24-7-12-5-14(23-26-12)16(25)21-11-3-1-2-10(4-11)8-27-17-13-6-20-22-15(13)18-9-19-17/h1-6,9,24H,7-8H2,(H,21,25)(H,18,19,20,22). The number of carbonyl (C=O) groups excluding carboxylic acids is 1. The normalized spacial score (nSPS) is 11.0. The van der Waals surface area contributed by atoms with E-state index in [1.54, 1.807) is 24.0 Å². The van der Waals surface area contributed by atoms with Crippen LogP contribution in [0.4, 0.5) is 5.69 Å². The third-order valence-corrected chi connectivity index (χ3v) is 4.80. The number of hydrogen-bond acceptors (Lipinski definition) is 8. The van der Waals surface area contributed by atoms with Crippen LogP contribution in [0.1, 0.15) is 21.8 Å². The lowest BCUT2D eigenvalue weighted by Crippen LogP contribution is -2.12. The lowest BCUT2D eigenvalue weighted by atomic mass is 10.2. The van der Waals surface area contributed by atoms with E-state index in [2.05, 4.69) is 30.6 Å². The van der Waals surface area contributed by atoms with Gasteiger partial charge in [0.15, 0.2) is 17.1 Å². The summed E-state index contributed by atoms with van der Waals surface area (Å²) in [5.74, 6) is 0.500. The molecule has 3 heterocycles. The molecule has 0 saturated carbocycles. The Kier molecular flexibility index (Phi) is 4.81. The molecular weight excluding hydrogens is 368 g/mol. The molecule has 0 spiro atoms. The molecule has 3 aromatic heterocycles. The fourth-order valence-electron chi connectivity index (χ4n) is 2.44. The fraction of sp³-hybridized carbons (Fsp3) is 0.118. The number of nitrogens with one attached hydrogen (secondary N) is 2. The molecule has 0 saturated heterocycles. The Morgan fingerprint density at radius 3 is 3.07 bits per heavy atom. The van der Waals surface area contributed by atoms with E-state index in [9.17, 15) is 4.79 Å². The summed E-state index contributed by atoms with van der Waals surface area (Å²) in [7, 11) is 0. The smallest absolute Gasteiger partial charge is 0.277 e. The first-order valence-electron chi connectivity index (χ1n) is 7.96. The second-order valence-electron chi connectivity index (χ2n) is 5.59. The van der Waals surface area contributed by atoms with E-state index in [-0.39, 0.29) is 18.1 Å². The highest BCUT2D eigenvalue weighted by Crippen LogP contribution is 2.27. The Hall–Kier alpha value is -3.24. The van der Waals surface area contributed by atoms with E-state index in [0.29, 0.717) is 17.1 Å². The molecule has 0 atom stereocenters. The molecule has 27 heavy (non-hydrogen) atoms. The van der Waals surface area contributed by atoms with E-state index in [0.717, 1.165) is 16.0 Å². The van der Waals surface area contributed by atoms with Gasteiger partial charge in [0.25, 0.3) is 5.91 Å². The number of nitrogens with zero attached hydrogens (tertiary/aromatic N) is 4. The number of aliphatic hydroxyl groups excluding tert-OH is 1. The second kappa shape index (κ2) is 7.56. The maximum absolute atomic E-state index is 12.2. The van der Waals surface area contributed by atoms with E-state index >= 15 is 0 Å². The van der Waals surface area contributed by atoms with Gasteiger partial charge in [0, 0.05) is 17.5 Å². The molecule has 3 N–H and O–H groups in total. The average Bonchev–Trinajstić information content (AvgIpc) is 3.36. The number of hydrogen-bond donors (Lipinski definition) is 3. The molecule has 1 aromatic carbocycles. The highest BCUT2D eigenvalue weighted by molar-refractivity contribution is 7.98. The van der Waals surface area contributed by atoms with Crippen LogP contribution in [0.25, 0.3) is 11.0 Å². The van der Waals surface area contributed by atoms with Crippen molar-refractivity contribution in [3.63, 3.8) is 0 Å². The summed E-state index contributed by atoms with van der Waals surface area (Å²) in [4.78, 5) is 20.6. The first-order chi connectivity index (χ1) is 13.2. The third kappa shape index (κ3) is 3.81. The molecule has 0 fully saturated rings. The van der Waals surface area contributed by atoms with Crippen molar-refractivity contribution in [1.29, 1.82) is 0 Å². The van der Waals surface area contributed by atoms with Crippen molar-refractivity contribution in [3.05, 3.63) is 59.9 Å². The van der Waals surface area contributed by atoms with Crippen LogP contribution < -0.4 is 5.32 Å². The van der Waals surface area contributed by atoms with Gasteiger partial charge in [-0.05, 0) is 17.7 Å². The van der Waals surface area contributed by atoms with Crippen LogP contribution in [0.3, 0.4) is 0 Å². The predicted octanol–water partition coefficient (Wildman–Crippen LogP) is 2.38. The number of H-pyrrole nitrogens is 1. The maximum atomic E-state index is 12.2. The summed E-state index contributed by atoms with van der Waals surface area (Å²) in [5.41, 5.74) is 2.47. The van der Waals surface area contributed by atoms with Crippen LogP contribution >= 0.6 is 11.8 Å². The first-order valence-corrected chi connectivity index (χ1v) is 8.95. The molecule has 0 aliphatic rings. The highest BCUT2D eigenvalue weighted by atomic mass is 32.2. The number of fused-ring (bicyclic) bond motifs is 1. The zero-order chi connectivity index (χ0) is 18.6. The van der Waals surface area contributed by atoms with Gasteiger partial charge in [-0.1, -0.05) is 17.3 Å². The van der Waals surface area contributed by atoms with E-state index in [4.69, 9.17) is 9.63 Å². The number of aliphatic hydroxyl groups is 1. The number of anilines is 1. The summed E-state index contributed by atoms with van der Waals surface area (Å²) in [6.07, 6.45) is 3.20. The van der Waals surface area contributed by atoms with Gasteiger partial charge in [0.1, 0.15) is 18.0 Å². The SMILES string of the molecule is O=C(Nc1cccc(CSc2ncnc3[nH]ncc23)c1)c1cc(CO)on1. The molecule has 0 bridgehead atoms. The van der Waals surface area contributed by atoms with Crippen molar-refractivity contribution in [1.82, 2.24) is 25.3 Å². The van der Waals surface area contributed by atoms with Crippen molar-refractivity contribution in [2.45, 2.75) is 17.4 Å². The number of benzene rings is 1. The van der Waals surface area contributed by atoms with Crippen LogP contribution in [-0.2, 0) is 12.4 Å². The summed E-state index contributed by atoms with van der Waals surface area (Å²) >= 11 is 1.56. The summed E-state index contributed by atoms with van der Waals surface area (Å²) < 4.78 is 4.83. The Labute approximate surface area is 157 Å². The predicted molar refractivity (Wildman–Crippen MR) is 98.1 cm³/mol. The quantitative estimate of drug-likeness (QED) is 0.342. The van der Waals surface area contributed by atoms with Gasteiger partial charge < -0.3 is 14.9 Å². The number of aromatic amines is 1. The molecule has 0 radical (unpaired) electrons. The molecule has 1 amide bonds. The van der Waals surface area contributed by atoms with E-state index in [1.165, 1.54) is 12.4 Å². The molecule has 4 aromatic rings. The molecule has 0 aliphatic heterocycles. The molecule has 10 heteroatoms. The van der Waals surface area contributed by atoms with Crippen LogP contribution in [0.5, 0.6) is 0 Å². The molecule has 9 nitrogen and oxygen atoms in total.